The largest absolute Gasteiger partial charge is 0.339 e. The zero-order chi connectivity index (χ0) is 13.4. The van der Waals surface area contributed by atoms with Crippen molar-refractivity contribution in [1.29, 1.82) is 0 Å². The van der Waals surface area contributed by atoms with Crippen molar-refractivity contribution in [2.24, 2.45) is 0 Å². The second-order valence-corrected chi connectivity index (χ2v) is 4.60. The van der Waals surface area contributed by atoms with E-state index in [0.29, 0.717) is 30.4 Å². The number of nitrogens with zero attached hydrogens (tertiary/aromatic N) is 3. The van der Waals surface area contributed by atoms with Crippen LogP contribution >= 0.6 is 0 Å². The quantitative estimate of drug-likeness (QED) is 0.826. The van der Waals surface area contributed by atoms with Crippen LogP contribution in [0.4, 0.5) is 4.39 Å². The highest BCUT2D eigenvalue weighted by Crippen LogP contribution is 2.27. The summed E-state index contributed by atoms with van der Waals surface area (Å²) in [4.78, 5) is 17.8. The summed E-state index contributed by atoms with van der Waals surface area (Å²) in [7, 11) is 0. The molecule has 0 saturated carbocycles. The molecule has 0 N–H and O–H groups in total. The maximum absolute atomic E-state index is 13.1. The van der Waals surface area contributed by atoms with Crippen molar-refractivity contribution in [2.75, 3.05) is 13.1 Å². The highest BCUT2D eigenvalue weighted by Gasteiger charge is 2.35. The van der Waals surface area contributed by atoms with Gasteiger partial charge in [0.05, 0.1) is 5.92 Å². The molecule has 0 atom stereocenters. The standard InChI is InChI=1S/C13H12FN3O2/c1-8-15-12(19-16-8)10-6-17(7-10)13(18)9-3-2-4-11(14)5-9/h2-5,10H,6-7H2,1H3. The van der Waals surface area contributed by atoms with Crippen LogP contribution in [0.1, 0.15) is 28.0 Å². The first-order valence-corrected chi connectivity index (χ1v) is 5.98. The van der Waals surface area contributed by atoms with Crippen LogP contribution in [-0.2, 0) is 0 Å². The minimum Gasteiger partial charge on any atom is -0.339 e. The molecular weight excluding hydrogens is 249 g/mol. The lowest BCUT2D eigenvalue weighted by Crippen LogP contribution is -2.48. The van der Waals surface area contributed by atoms with E-state index in [9.17, 15) is 9.18 Å². The van der Waals surface area contributed by atoms with E-state index in [0.717, 1.165) is 0 Å². The van der Waals surface area contributed by atoms with Crippen LogP contribution in [0.25, 0.3) is 0 Å². The highest BCUT2D eigenvalue weighted by molar-refractivity contribution is 5.94. The molecule has 1 aliphatic rings. The number of aromatic nitrogens is 2. The van der Waals surface area contributed by atoms with Crippen molar-refractivity contribution >= 4 is 5.91 Å². The Bertz CT molecular complexity index is 620. The van der Waals surface area contributed by atoms with Gasteiger partial charge in [-0.15, -0.1) is 0 Å². The molecule has 1 saturated heterocycles. The number of rotatable bonds is 2. The second-order valence-electron chi connectivity index (χ2n) is 4.60. The van der Waals surface area contributed by atoms with E-state index in [1.54, 1.807) is 17.9 Å². The monoisotopic (exact) mass is 261 g/mol. The van der Waals surface area contributed by atoms with Crippen molar-refractivity contribution in [1.82, 2.24) is 15.0 Å². The predicted molar refractivity (Wildman–Crippen MR) is 64.1 cm³/mol. The van der Waals surface area contributed by atoms with Gasteiger partial charge < -0.3 is 9.42 Å². The Morgan fingerprint density at radius 2 is 2.26 bits per heavy atom. The van der Waals surface area contributed by atoms with E-state index in [-0.39, 0.29) is 11.8 Å². The number of hydrogen-bond donors (Lipinski definition) is 0. The number of hydrogen-bond acceptors (Lipinski definition) is 4. The molecule has 0 aliphatic carbocycles. The lowest BCUT2D eigenvalue weighted by Gasteiger charge is -2.37. The molecule has 1 amide bonds. The summed E-state index contributed by atoms with van der Waals surface area (Å²) in [6.07, 6.45) is 0. The number of likely N-dealkylation sites (tertiary alicyclic amines) is 1. The van der Waals surface area contributed by atoms with Crippen LogP contribution in [0, 0.1) is 12.7 Å². The Hall–Kier alpha value is -2.24. The Labute approximate surface area is 109 Å². The minimum absolute atomic E-state index is 0.0821. The van der Waals surface area contributed by atoms with E-state index >= 15 is 0 Å². The summed E-state index contributed by atoms with van der Waals surface area (Å²) < 4.78 is 18.1. The second kappa shape index (κ2) is 4.46. The summed E-state index contributed by atoms with van der Waals surface area (Å²) in [5.41, 5.74) is 0.361. The minimum atomic E-state index is -0.407. The fourth-order valence-corrected chi connectivity index (χ4v) is 2.08. The van der Waals surface area contributed by atoms with E-state index in [4.69, 9.17) is 4.52 Å². The van der Waals surface area contributed by atoms with E-state index in [1.165, 1.54) is 18.2 Å². The van der Waals surface area contributed by atoms with Gasteiger partial charge in [0.2, 0.25) is 5.89 Å². The topological polar surface area (TPSA) is 59.2 Å². The molecule has 3 rings (SSSR count). The van der Waals surface area contributed by atoms with Crippen LogP contribution in [0.15, 0.2) is 28.8 Å². The van der Waals surface area contributed by atoms with Gasteiger partial charge in [0, 0.05) is 18.7 Å². The van der Waals surface area contributed by atoms with Crippen LogP contribution in [0.3, 0.4) is 0 Å². The molecule has 6 heteroatoms. The Kier molecular flexibility index (Phi) is 2.77. The van der Waals surface area contributed by atoms with Gasteiger partial charge in [0.1, 0.15) is 5.82 Å². The Balaban J connectivity index is 1.66. The van der Waals surface area contributed by atoms with Crippen molar-refractivity contribution in [2.45, 2.75) is 12.8 Å². The van der Waals surface area contributed by atoms with Gasteiger partial charge in [-0.25, -0.2) is 4.39 Å². The third kappa shape index (κ3) is 2.21. The zero-order valence-electron chi connectivity index (χ0n) is 10.3. The first-order valence-electron chi connectivity index (χ1n) is 5.98. The highest BCUT2D eigenvalue weighted by atomic mass is 19.1. The number of halogens is 1. The van der Waals surface area contributed by atoms with Gasteiger partial charge >= 0.3 is 0 Å². The third-order valence-corrected chi connectivity index (χ3v) is 3.13. The van der Waals surface area contributed by atoms with Gasteiger partial charge in [0.15, 0.2) is 5.82 Å². The van der Waals surface area contributed by atoms with E-state index < -0.39 is 5.82 Å². The van der Waals surface area contributed by atoms with Crippen molar-refractivity contribution < 1.29 is 13.7 Å². The molecule has 19 heavy (non-hydrogen) atoms. The first kappa shape index (κ1) is 11.8. The van der Waals surface area contributed by atoms with Gasteiger partial charge in [-0.05, 0) is 25.1 Å². The lowest BCUT2D eigenvalue weighted by atomic mass is 9.99. The molecule has 1 aromatic carbocycles. The Morgan fingerprint density at radius 1 is 1.47 bits per heavy atom. The fraction of sp³-hybridized carbons (Fsp3) is 0.308. The smallest absolute Gasteiger partial charge is 0.254 e. The molecule has 1 aliphatic heterocycles. The lowest BCUT2D eigenvalue weighted by molar-refractivity contribution is 0.0568. The maximum atomic E-state index is 13.1. The first-order chi connectivity index (χ1) is 9.13. The number of aryl methyl sites for hydroxylation is 1. The summed E-state index contributed by atoms with van der Waals surface area (Å²) in [6, 6.07) is 5.69. The normalized spacial score (nSPS) is 15.4. The van der Waals surface area contributed by atoms with Gasteiger partial charge in [-0.3, -0.25) is 4.79 Å². The van der Waals surface area contributed by atoms with Crippen LogP contribution in [0.2, 0.25) is 0 Å². The number of amides is 1. The number of carbonyl (C=O) groups excluding carboxylic acids is 1. The molecule has 0 spiro atoms. The molecular formula is C13H12FN3O2. The van der Waals surface area contributed by atoms with Crippen LogP contribution in [0.5, 0.6) is 0 Å². The van der Waals surface area contributed by atoms with Gasteiger partial charge in [0.25, 0.3) is 5.91 Å². The van der Waals surface area contributed by atoms with Crippen LogP contribution in [-0.4, -0.2) is 34.0 Å². The fourth-order valence-electron chi connectivity index (χ4n) is 2.08. The molecule has 0 bridgehead atoms. The van der Waals surface area contributed by atoms with Crippen molar-refractivity contribution in [3.8, 4) is 0 Å². The van der Waals surface area contributed by atoms with Crippen LogP contribution < -0.4 is 0 Å². The molecule has 0 radical (unpaired) electrons. The molecule has 1 aromatic heterocycles. The van der Waals surface area contributed by atoms with Gasteiger partial charge in [-0.2, -0.15) is 4.98 Å². The van der Waals surface area contributed by atoms with Crippen molar-refractivity contribution in [3.05, 3.63) is 47.4 Å². The summed E-state index contributed by atoms with van der Waals surface area (Å²) in [6.45, 7) is 2.80. The van der Waals surface area contributed by atoms with E-state index in [1.807, 2.05) is 0 Å². The molecule has 98 valence electrons. The third-order valence-electron chi connectivity index (χ3n) is 3.13. The SMILES string of the molecule is Cc1noc(C2CN(C(=O)c3cccc(F)c3)C2)n1. The average Bonchev–Trinajstić information content (AvgIpc) is 2.73. The zero-order valence-corrected chi connectivity index (χ0v) is 10.3. The summed E-state index contributed by atoms with van der Waals surface area (Å²) in [5, 5.41) is 3.72. The van der Waals surface area contributed by atoms with E-state index in [2.05, 4.69) is 10.1 Å². The van der Waals surface area contributed by atoms with Gasteiger partial charge in [-0.1, -0.05) is 11.2 Å². The van der Waals surface area contributed by atoms with Crippen molar-refractivity contribution in [3.63, 3.8) is 0 Å². The summed E-state index contributed by atoms with van der Waals surface area (Å²) in [5.74, 6) is 0.645. The number of carbonyl (C=O) groups is 1. The molecule has 2 heterocycles. The Morgan fingerprint density at radius 3 is 2.89 bits per heavy atom. The maximum Gasteiger partial charge on any atom is 0.254 e. The molecule has 0 unspecified atom stereocenters. The molecule has 5 nitrogen and oxygen atoms in total. The summed E-state index contributed by atoms with van der Waals surface area (Å²) >= 11 is 0. The molecule has 2 aromatic rings. The predicted octanol–water partition coefficient (Wildman–Crippen LogP) is 1.76. The molecule has 1 fully saturated rings. The number of benzene rings is 1. The average molecular weight is 261 g/mol.